The molecule has 3 amide bonds. The van der Waals surface area contributed by atoms with Crippen molar-refractivity contribution in [1.82, 2.24) is 10.4 Å². The first-order valence-electron chi connectivity index (χ1n) is 14.3. The van der Waals surface area contributed by atoms with E-state index in [1.54, 1.807) is 0 Å². The maximum atomic E-state index is 12.0. The second-order valence-electron chi connectivity index (χ2n) is 10.0. The van der Waals surface area contributed by atoms with Crippen molar-refractivity contribution in [1.29, 1.82) is 0 Å². The molecule has 0 aliphatic carbocycles. The number of rotatable bonds is 22. The van der Waals surface area contributed by atoms with Crippen LogP contribution >= 0.6 is 0 Å². The molecule has 0 aromatic heterocycles. The van der Waals surface area contributed by atoms with Gasteiger partial charge in [-0.05, 0) is 12.8 Å². The van der Waals surface area contributed by atoms with Crippen LogP contribution in [0.3, 0.4) is 0 Å². The van der Waals surface area contributed by atoms with Crippen molar-refractivity contribution >= 4 is 17.7 Å². The minimum Gasteiger partial charge on any atom is -0.273 e. The molecule has 1 unspecified atom stereocenters. The van der Waals surface area contributed by atoms with Gasteiger partial charge in [0.25, 0.3) is 5.91 Å². The monoisotopic (exact) mass is 464 g/mol. The molecule has 192 valence electrons. The van der Waals surface area contributed by atoms with Crippen LogP contribution in [0.15, 0.2) is 0 Å². The number of nitrogens with zero attached hydrogens (tertiary/aromatic N) is 1. The van der Waals surface area contributed by atoms with Gasteiger partial charge < -0.3 is 0 Å². The minimum absolute atomic E-state index is 0.217. The number of unbranched alkanes of at least 4 members (excludes halogenated alkanes) is 18. The maximum absolute atomic E-state index is 12.0. The van der Waals surface area contributed by atoms with Crippen molar-refractivity contribution in [2.24, 2.45) is 5.92 Å². The third kappa shape index (κ3) is 14.5. The van der Waals surface area contributed by atoms with Gasteiger partial charge in [-0.1, -0.05) is 129 Å². The van der Waals surface area contributed by atoms with Crippen LogP contribution in [0.2, 0.25) is 0 Å². The van der Waals surface area contributed by atoms with E-state index in [1.807, 2.05) is 6.92 Å². The van der Waals surface area contributed by atoms with Gasteiger partial charge in [-0.3, -0.25) is 19.8 Å². The van der Waals surface area contributed by atoms with Crippen LogP contribution in [0.5, 0.6) is 0 Å². The second-order valence-corrected chi connectivity index (χ2v) is 10.0. The van der Waals surface area contributed by atoms with Gasteiger partial charge in [0, 0.05) is 18.8 Å². The molecule has 5 nitrogen and oxygen atoms in total. The Hall–Kier alpha value is -1.39. The zero-order valence-corrected chi connectivity index (χ0v) is 21.8. The largest absolute Gasteiger partial charge is 0.273 e. The van der Waals surface area contributed by atoms with Crippen LogP contribution in [-0.2, 0) is 14.4 Å². The fourth-order valence-corrected chi connectivity index (χ4v) is 4.68. The second kappa shape index (κ2) is 20.0. The Balaban J connectivity index is 1.81. The topological polar surface area (TPSA) is 66.5 Å². The van der Waals surface area contributed by atoms with Crippen LogP contribution in [0.25, 0.3) is 0 Å². The van der Waals surface area contributed by atoms with Crippen molar-refractivity contribution in [3.8, 4) is 0 Å². The van der Waals surface area contributed by atoms with E-state index >= 15 is 0 Å². The lowest BCUT2D eigenvalue weighted by atomic mass is 10.0. The van der Waals surface area contributed by atoms with Crippen molar-refractivity contribution in [2.45, 2.75) is 155 Å². The Labute approximate surface area is 203 Å². The average molecular weight is 465 g/mol. The highest BCUT2D eigenvalue weighted by molar-refractivity contribution is 6.04. The molecular formula is C28H52N2O3. The normalized spacial score (nSPS) is 16.1. The molecule has 1 atom stereocenters. The van der Waals surface area contributed by atoms with Crippen LogP contribution in [0, 0.1) is 5.92 Å². The van der Waals surface area contributed by atoms with E-state index in [0.717, 1.165) is 24.3 Å². The first-order valence-corrected chi connectivity index (χ1v) is 14.3. The molecule has 1 aliphatic heterocycles. The fraction of sp³-hybridized carbons (Fsp3) is 0.893. The van der Waals surface area contributed by atoms with Crippen LogP contribution in [0.1, 0.15) is 155 Å². The number of hydrogen-bond acceptors (Lipinski definition) is 3. The van der Waals surface area contributed by atoms with Gasteiger partial charge >= 0.3 is 0 Å². The highest BCUT2D eigenvalue weighted by Gasteiger charge is 2.38. The third-order valence-corrected chi connectivity index (χ3v) is 6.98. The van der Waals surface area contributed by atoms with E-state index in [2.05, 4.69) is 12.3 Å². The Bertz CT molecular complexity index is 535. The summed E-state index contributed by atoms with van der Waals surface area (Å²) >= 11 is 0. The molecule has 5 heteroatoms. The fourth-order valence-electron chi connectivity index (χ4n) is 4.68. The third-order valence-electron chi connectivity index (χ3n) is 6.98. The van der Waals surface area contributed by atoms with E-state index in [1.165, 1.54) is 103 Å². The number of nitrogens with one attached hydrogen (secondary N) is 1. The van der Waals surface area contributed by atoms with E-state index in [9.17, 15) is 14.4 Å². The summed E-state index contributed by atoms with van der Waals surface area (Å²) in [6.45, 7) is 4.17. The van der Waals surface area contributed by atoms with E-state index in [4.69, 9.17) is 0 Å². The number of carbonyl (C=O) groups excluding carboxylic acids is 3. The minimum atomic E-state index is -0.284. The first kappa shape index (κ1) is 29.6. The Morgan fingerprint density at radius 3 is 1.45 bits per heavy atom. The molecule has 1 aliphatic rings. The van der Waals surface area contributed by atoms with Crippen molar-refractivity contribution in [2.75, 3.05) is 0 Å². The lowest BCUT2D eigenvalue weighted by molar-refractivity contribution is -0.148. The zero-order chi connectivity index (χ0) is 24.2. The lowest BCUT2D eigenvalue weighted by Crippen LogP contribution is -2.46. The molecule has 0 aromatic rings. The quantitative estimate of drug-likeness (QED) is 0.132. The molecule has 33 heavy (non-hydrogen) atoms. The predicted octanol–water partition coefficient (Wildman–Crippen LogP) is 7.62. The molecule has 0 aromatic carbocycles. The number of hydrazine groups is 1. The standard InChI is InChI=1S/C28H52N2O3/c1-3-5-6-7-8-9-10-11-12-13-14-15-16-17-18-19-20-21-22-23-26(31)29-30-27(32)24-25(4-2)28(30)33/h25H,3-24H2,1-2H3,(H,29,31). The summed E-state index contributed by atoms with van der Waals surface area (Å²) in [6.07, 6.45) is 26.4. The Morgan fingerprint density at radius 1 is 0.697 bits per heavy atom. The van der Waals surface area contributed by atoms with Crippen molar-refractivity contribution in [3.05, 3.63) is 0 Å². The van der Waals surface area contributed by atoms with Gasteiger partial charge in [0.2, 0.25) is 11.8 Å². The lowest BCUT2D eigenvalue weighted by Gasteiger charge is -2.15. The molecule has 1 N–H and O–H groups in total. The van der Waals surface area contributed by atoms with Gasteiger partial charge in [-0.25, -0.2) is 0 Å². The molecule has 1 heterocycles. The summed E-state index contributed by atoms with van der Waals surface area (Å²) in [5.41, 5.74) is 2.50. The van der Waals surface area contributed by atoms with Gasteiger partial charge in [0.15, 0.2) is 0 Å². The first-order chi connectivity index (χ1) is 16.1. The Kier molecular flexibility index (Phi) is 18.0. The summed E-state index contributed by atoms with van der Waals surface area (Å²) in [6, 6.07) is 0. The highest BCUT2D eigenvalue weighted by Crippen LogP contribution is 2.21. The number of imide groups is 1. The van der Waals surface area contributed by atoms with Crippen LogP contribution in [0.4, 0.5) is 0 Å². The van der Waals surface area contributed by atoms with E-state index in [-0.39, 0.29) is 30.1 Å². The average Bonchev–Trinajstić information content (AvgIpc) is 3.08. The number of hydrogen-bond donors (Lipinski definition) is 1. The van der Waals surface area contributed by atoms with E-state index < -0.39 is 0 Å². The van der Waals surface area contributed by atoms with Crippen LogP contribution in [-0.4, -0.2) is 22.7 Å². The number of amides is 3. The molecule has 1 saturated heterocycles. The van der Waals surface area contributed by atoms with Gasteiger partial charge in [-0.15, -0.1) is 0 Å². The SMILES string of the molecule is CCCCCCCCCCCCCCCCCCCCCC(=O)NN1C(=O)CC(CC)C1=O. The van der Waals surface area contributed by atoms with Gasteiger partial charge in [0.1, 0.15) is 0 Å². The maximum Gasteiger partial charge on any atom is 0.251 e. The molecule has 1 fully saturated rings. The highest BCUT2D eigenvalue weighted by atomic mass is 16.2. The summed E-state index contributed by atoms with van der Waals surface area (Å²) in [5.74, 6) is -1.04. The summed E-state index contributed by atoms with van der Waals surface area (Å²) in [4.78, 5) is 35.9. The Morgan fingerprint density at radius 2 is 1.09 bits per heavy atom. The van der Waals surface area contributed by atoms with Crippen LogP contribution < -0.4 is 5.43 Å². The molecule has 0 saturated carbocycles. The molecule has 0 spiro atoms. The summed E-state index contributed by atoms with van der Waals surface area (Å²) in [7, 11) is 0. The molecule has 0 bridgehead atoms. The molecule has 1 rings (SSSR count). The summed E-state index contributed by atoms with van der Waals surface area (Å²) in [5, 5.41) is 0.937. The summed E-state index contributed by atoms with van der Waals surface area (Å²) < 4.78 is 0. The van der Waals surface area contributed by atoms with Gasteiger partial charge in [-0.2, -0.15) is 5.01 Å². The molecule has 0 radical (unpaired) electrons. The van der Waals surface area contributed by atoms with Crippen molar-refractivity contribution < 1.29 is 14.4 Å². The van der Waals surface area contributed by atoms with E-state index in [0.29, 0.717) is 12.8 Å². The molecular weight excluding hydrogens is 412 g/mol. The zero-order valence-electron chi connectivity index (χ0n) is 21.8. The predicted molar refractivity (Wildman–Crippen MR) is 136 cm³/mol. The van der Waals surface area contributed by atoms with Gasteiger partial charge in [0.05, 0.1) is 0 Å². The number of carbonyl (C=O) groups is 3. The smallest absolute Gasteiger partial charge is 0.251 e. The van der Waals surface area contributed by atoms with Crippen molar-refractivity contribution in [3.63, 3.8) is 0 Å².